The van der Waals surface area contributed by atoms with Crippen molar-refractivity contribution in [3.05, 3.63) is 54.3 Å². The van der Waals surface area contributed by atoms with Crippen LogP contribution in [0, 0.1) is 5.82 Å². The van der Waals surface area contributed by atoms with Gasteiger partial charge in [-0.05, 0) is 49.2 Å². The number of sulfonamides is 1. The van der Waals surface area contributed by atoms with Crippen molar-refractivity contribution in [3.8, 4) is 5.75 Å². The van der Waals surface area contributed by atoms with E-state index in [2.05, 4.69) is 5.32 Å². The van der Waals surface area contributed by atoms with Crippen LogP contribution in [0.15, 0.2) is 53.4 Å². The molecule has 1 saturated heterocycles. The van der Waals surface area contributed by atoms with E-state index in [9.17, 15) is 12.8 Å². The molecule has 0 radical (unpaired) electrons. The van der Waals surface area contributed by atoms with Crippen LogP contribution >= 0.6 is 0 Å². The lowest BCUT2D eigenvalue weighted by Gasteiger charge is -2.32. The van der Waals surface area contributed by atoms with Gasteiger partial charge >= 0.3 is 0 Å². The Balaban J connectivity index is 1.62. The molecule has 1 aliphatic rings. The molecule has 0 spiro atoms. The number of anilines is 1. The molecular formula is C18H21FN2O3S. The largest absolute Gasteiger partial charge is 0.497 e. The van der Waals surface area contributed by atoms with E-state index in [0.29, 0.717) is 25.9 Å². The highest BCUT2D eigenvalue weighted by atomic mass is 32.2. The maximum absolute atomic E-state index is 13.0. The summed E-state index contributed by atoms with van der Waals surface area (Å²) in [7, 11) is -1.94. The highest BCUT2D eigenvalue weighted by molar-refractivity contribution is 7.89. The normalized spacial score (nSPS) is 16.6. The predicted molar refractivity (Wildman–Crippen MR) is 94.8 cm³/mol. The fourth-order valence-corrected chi connectivity index (χ4v) is 4.41. The number of benzene rings is 2. The summed E-state index contributed by atoms with van der Waals surface area (Å²) in [6, 6.07) is 12.8. The number of halogens is 1. The molecular weight excluding hydrogens is 343 g/mol. The smallest absolute Gasteiger partial charge is 0.243 e. The van der Waals surface area contributed by atoms with Crippen molar-refractivity contribution in [2.75, 3.05) is 25.5 Å². The molecule has 1 N–H and O–H groups in total. The second kappa shape index (κ2) is 7.41. The zero-order chi connectivity index (χ0) is 17.9. The van der Waals surface area contributed by atoms with E-state index in [4.69, 9.17) is 4.74 Å². The molecule has 0 bridgehead atoms. The van der Waals surface area contributed by atoms with Crippen LogP contribution < -0.4 is 10.1 Å². The van der Waals surface area contributed by atoms with Crippen molar-refractivity contribution < 1.29 is 17.5 Å². The molecule has 0 saturated carbocycles. The van der Waals surface area contributed by atoms with Gasteiger partial charge in [0, 0.05) is 30.9 Å². The van der Waals surface area contributed by atoms with Crippen molar-refractivity contribution in [1.82, 2.24) is 4.31 Å². The Labute approximate surface area is 147 Å². The Morgan fingerprint density at radius 1 is 1.12 bits per heavy atom. The van der Waals surface area contributed by atoms with Gasteiger partial charge in [-0.3, -0.25) is 0 Å². The van der Waals surface area contributed by atoms with Crippen molar-refractivity contribution in [1.29, 1.82) is 0 Å². The number of rotatable bonds is 5. The summed E-state index contributed by atoms with van der Waals surface area (Å²) in [5, 5.41) is 3.42. The summed E-state index contributed by atoms with van der Waals surface area (Å²) < 4.78 is 44.9. The van der Waals surface area contributed by atoms with E-state index >= 15 is 0 Å². The maximum atomic E-state index is 13.0. The minimum absolute atomic E-state index is 0.133. The van der Waals surface area contributed by atoms with Gasteiger partial charge in [-0.1, -0.05) is 6.07 Å². The molecule has 0 amide bonds. The third-order valence-corrected chi connectivity index (χ3v) is 6.26. The van der Waals surface area contributed by atoms with Gasteiger partial charge in [0.15, 0.2) is 0 Å². The van der Waals surface area contributed by atoms with Gasteiger partial charge in [-0.25, -0.2) is 12.8 Å². The van der Waals surface area contributed by atoms with Gasteiger partial charge < -0.3 is 10.1 Å². The minimum atomic E-state index is -3.57. The van der Waals surface area contributed by atoms with E-state index < -0.39 is 15.8 Å². The molecule has 0 aliphatic carbocycles. The van der Waals surface area contributed by atoms with Crippen molar-refractivity contribution in [3.63, 3.8) is 0 Å². The van der Waals surface area contributed by atoms with Gasteiger partial charge in [-0.2, -0.15) is 4.31 Å². The molecule has 25 heavy (non-hydrogen) atoms. The maximum Gasteiger partial charge on any atom is 0.243 e. The fraction of sp³-hybridized carbons (Fsp3) is 0.333. The predicted octanol–water partition coefficient (Wildman–Crippen LogP) is 3.10. The first-order valence-corrected chi connectivity index (χ1v) is 9.59. The standard InChI is InChI=1S/C18H21FN2O3S/c1-24-17-4-2-3-16(13-17)20-15-9-11-21(12-10-15)25(22,23)18-7-5-14(19)6-8-18/h2-8,13,15,20H,9-12H2,1H3. The Morgan fingerprint density at radius 2 is 1.80 bits per heavy atom. The lowest BCUT2D eigenvalue weighted by molar-refractivity contribution is 0.329. The van der Waals surface area contributed by atoms with Gasteiger partial charge in [0.2, 0.25) is 10.0 Å². The summed E-state index contributed by atoms with van der Waals surface area (Å²) in [6.07, 6.45) is 1.41. The molecule has 0 unspecified atom stereocenters. The second-order valence-corrected chi connectivity index (χ2v) is 7.95. The zero-order valence-corrected chi connectivity index (χ0v) is 14.8. The van der Waals surface area contributed by atoms with E-state index in [-0.39, 0.29) is 10.9 Å². The quantitative estimate of drug-likeness (QED) is 0.886. The molecule has 0 atom stereocenters. The molecule has 0 aromatic heterocycles. The lowest BCUT2D eigenvalue weighted by Crippen LogP contribution is -2.42. The number of nitrogens with one attached hydrogen (secondary N) is 1. The van der Waals surface area contributed by atoms with Gasteiger partial charge in [-0.15, -0.1) is 0 Å². The van der Waals surface area contributed by atoms with Gasteiger partial charge in [0.1, 0.15) is 11.6 Å². The zero-order valence-electron chi connectivity index (χ0n) is 14.0. The first-order chi connectivity index (χ1) is 12.0. The topological polar surface area (TPSA) is 58.6 Å². The molecule has 3 rings (SSSR count). The second-order valence-electron chi connectivity index (χ2n) is 6.01. The van der Waals surface area contributed by atoms with Crippen LogP contribution in [0.2, 0.25) is 0 Å². The highest BCUT2D eigenvalue weighted by Gasteiger charge is 2.29. The van der Waals surface area contributed by atoms with Gasteiger partial charge in [0.05, 0.1) is 12.0 Å². The molecule has 1 aliphatic heterocycles. The third-order valence-electron chi connectivity index (χ3n) is 4.35. The summed E-state index contributed by atoms with van der Waals surface area (Å²) in [4.78, 5) is 0.133. The van der Waals surface area contributed by atoms with Crippen LogP contribution in [-0.2, 0) is 10.0 Å². The Kier molecular flexibility index (Phi) is 5.24. The van der Waals surface area contributed by atoms with Crippen LogP contribution in [0.3, 0.4) is 0 Å². The number of nitrogens with zero attached hydrogens (tertiary/aromatic N) is 1. The number of hydrogen-bond donors (Lipinski definition) is 1. The van der Waals surface area contributed by atoms with Gasteiger partial charge in [0.25, 0.3) is 0 Å². The van der Waals surface area contributed by atoms with Crippen molar-refractivity contribution in [2.45, 2.75) is 23.8 Å². The third kappa shape index (κ3) is 4.11. The van der Waals surface area contributed by atoms with Crippen LogP contribution in [0.25, 0.3) is 0 Å². The van der Waals surface area contributed by atoms with E-state index in [0.717, 1.165) is 11.4 Å². The lowest BCUT2D eigenvalue weighted by atomic mass is 10.1. The monoisotopic (exact) mass is 364 g/mol. The minimum Gasteiger partial charge on any atom is -0.497 e. The molecule has 2 aromatic rings. The first-order valence-electron chi connectivity index (χ1n) is 8.15. The van der Waals surface area contributed by atoms with Crippen LogP contribution in [0.5, 0.6) is 5.75 Å². The average molecular weight is 364 g/mol. The molecule has 7 heteroatoms. The Morgan fingerprint density at radius 3 is 2.44 bits per heavy atom. The fourth-order valence-electron chi connectivity index (χ4n) is 2.94. The van der Waals surface area contributed by atoms with Crippen LogP contribution in [0.4, 0.5) is 10.1 Å². The summed E-state index contributed by atoms with van der Waals surface area (Å²) in [5.41, 5.74) is 0.958. The Bertz CT molecular complexity index is 816. The number of hydrogen-bond acceptors (Lipinski definition) is 4. The molecule has 2 aromatic carbocycles. The SMILES string of the molecule is COc1cccc(NC2CCN(S(=O)(=O)c3ccc(F)cc3)CC2)c1. The number of methoxy groups -OCH3 is 1. The van der Waals surface area contributed by atoms with Crippen LogP contribution in [0.1, 0.15) is 12.8 Å². The molecule has 1 fully saturated rings. The van der Waals surface area contributed by atoms with Crippen molar-refractivity contribution in [2.24, 2.45) is 0 Å². The number of piperidine rings is 1. The molecule has 1 heterocycles. The summed E-state index contributed by atoms with van der Waals surface area (Å²) in [6.45, 7) is 0.864. The number of ether oxygens (including phenoxy) is 1. The average Bonchev–Trinajstić information content (AvgIpc) is 2.63. The molecule has 5 nitrogen and oxygen atoms in total. The summed E-state index contributed by atoms with van der Waals surface area (Å²) >= 11 is 0. The Hall–Kier alpha value is -2.12. The first kappa shape index (κ1) is 17.7. The summed E-state index contributed by atoms with van der Waals surface area (Å²) in [5.74, 6) is 0.335. The van der Waals surface area contributed by atoms with Crippen LogP contribution in [-0.4, -0.2) is 39.0 Å². The molecule has 134 valence electrons. The van der Waals surface area contributed by atoms with E-state index in [1.54, 1.807) is 7.11 Å². The van der Waals surface area contributed by atoms with Crippen molar-refractivity contribution >= 4 is 15.7 Å². The highest BCUT2D eigenvalue weighted by Crippen LogP contribution is 2.24. The van der Waals surface area contributed by atoms with E-state index in [1.165, 1.54) is 28.6 Å². The van der Waals surface area contributed by atoms with E-state index in [1.807, 2.05) is 24.3 Å².